The molecule has 2 saturated heterocycles. The molecule has 116 valence electrons. The van der Waals surface area contributed by atoms with Crippen molar-refractivity contribution in [3.8, 4) is 6.07 Å². The minimum Gasteiger partial charge on any atom is -0.399 e. The summed E-state index contributed by atoms with van der Waals surface area (Å²) in [5, 5.41) is 9.53. The first kappa shape index (κ1) is 15.4. The van der Waals surface area contributed by atoms with Gasteiger partial charge in [0.2, 0.25) is 0 Å². The van der Waals surface area contributed by atoms with Crippen LogP contribution in [0.25, 0.3) is 0 Å². The van der Waals surface area contributed by atoms with Crippen LogP contribution in [0.5, 0.6) is 0 Å². The van der Waals surface area contributed by atoms with E-state index in [1.54, 1.807) is 0 Å². The Hall–Kier alpha value is -1.51. The molecule has 5 heteroatoms. The SMILES string of the molecule is CC1(C)OB(c2ccc(N3CCCC3)cc2C#N)OC1(C)C. The second-order valence-electron chi connectivity index (χ2n) is 7.17. The van der Waals surface area contributed by atoms with Crippen molar-refractivity contribution in [3.63, 3.8) is 0 Å². The van der Waals surface area contributed by atoms with Crippen LogP contribution >= 0.6 is 0 Å². The molecule has 2 fully saturated rings. The van der Waals surface area contributed by atoms with E-state index in [9.17, 15) is 5.26 Å². The Labute approximate surface area is 133 Å². The maximum absolute atomic E-state index is 9.53. The van der Waals surface area contributed by atoms with E-state index < -0.39 is 18.3 Å². The highest BCUT2D eigenvalue weighted by Crippen LogP contribution is 2.36. The van der Waals surface area contributed by atoms with Gasteiger partial charge in [-0.3, -0.25) is 0 Å². The van der Waals surface area contributed by atoms with Crippen LogP contribution in [0.15, 0.2) is 18.2 Å². The zero-order valence-corrected chi connectivity index (χ0v) is 13.8. The molecule has 2 heterocycles. The molecule has 0 aliphatic carbocycles. The summed E-state index contributed by atoms with van der Waals surface area (Å²) in [6, 6.07) is 8.32. The summed E-state index contributed by atoms with van der Waals surface area (Å²) in [5.74, 6) is 0. The lowest BCUT2D eigenvalue weighted by molar-refractivity contribution is 0.00578. The second-order valence-corrected chi connectivity index (χ2v) is 7.17. The van der Waals surface area contributed by atoms with Gasteiger partial charge < -0.3 is 14.2 Å². The molecule has 0 aromatic heterocycles. The average molecular weight is 298 g/mol. The standard InChI is InChI=1S/C17H23BN2O2/c1-16(2)17(3,4)22-18(21-16)15-8-7-14(11-13(15)12-19)20-9-5-6-10-20/h7-8,11H,5-6,9-10H2,1-4H3. The maximum Gasteiger partial charge on any atom is 0.496 e. The predicted octanol–water partition coefficient (Wildman–Crippen LogP) is 2.46. The zero-order valence-electron chi connectivity index (χ0n) is 13.8. The molecule has 0 spiro atoms. The number of hydrogen-bond donors (Lipinski definition) is 0. The van der Waals surface area contributed by atoms with Crippen molar-refractivity contribution >= 4 is 18.3 Å². The van der Waals surface area contributed by atoms with Crippen molar-refractivity contribution in [2.45, 2.75) is 51.7 Å². The van der Waals surface area contributed by atoms with Crippen molar-refractivity contribution < 1.29 is 9.31 Å². The van der Waals surface area contributed by atoms with E-state index in [4.69, 9.17) is 9.31 Å². The van der Waals surface area contributed by atoms with Gasteiger partial charge in [-0.1, -0.05) is 6.07 Å². The first-order valence-corrected chi connectivity index (χ1v) is 7.99. The summed E-state index contributed by atoms with van der Waals surface area (Å²) in [6.45, 7) is 10.2. The summed E-state index contributed by atoms with van der Waals surface area (Å²) < 4.78 is 12.1. The molecule has 0 atom stereocenters. The first-order valence-electron chi connectivity index (χ1n) is 7.99. The number of hydrogen-bond acceptors (Lipinski definition) is 4. The lowest BCUT2D eigenvalue weighted by atomic mass is 9.76. The minimum atomic E-state index is -0.479. The molecule has 0 bridgehead atoms. The lowest BCUT2D eigenvalue weighted by Crippen LogP contribution is -2.41. The normalized spacial score (nSPS) is 22.9. The fraction of sp³-hybridized carbons (Fsp3) is 0.588. The molecule has 1 aromatic carbocycles. The van der Waals surface area contributed by atoms with Crippen LogP contribution in [0, 0.1) is 11.3 Å². The van der Waals surface area contributed by atoms with Crippen molar-refractivity contribution in [1.82, 2.24) is 0 Å². The molecule has 4 nitrogen and oxygen atoms in total. The fourth-order valence-corrected chi connectivity index (χ4v) is 2.99. The van der Waals surface area contributed by atoms with E-state index in [0.717, 1.165) is 24.2 Å². The Kier molecular flexibility index (Phi) is 3.70. The topological polar surface area (TPSA) is 45.5 Å². The molecule has 0 amide bonds. The van der Waals surface area contributed by atoms with Gasteiger partial charge in [0, 0.05) is 24.2 Å². The Balaban J connectivity index is 1.90. The third-order valence-corrected chi connectivity index (χ3v) is 5.14. The van der Waals surface area contributed by atoms with Gasteiger partial charge >= 0.3 is 7.12 Å². The van der Waals surface area contributed by atoms with Crippen LogP contribution in [0.1, 0.15) is 46.1 Å². The quantitative estimate of drug-likeness (QED) is 0.787. The van der Waals surface area contributed by atoms with Gasteiger partial charge in [-0.25, -0.2) is 0 Å². The summed E-state index contributed by atoms with van der Waals surface area (Å²) >= 11 is 0. The average Bonchev–Trinajstić information content (AvgIpc) is 3.05. The van der Waals surface area contributed by atoms with E-state index >= 15 is 0 Å². The minimum absolute atomic E-state index is 0.391. The van der Waals surface area contributed by atoms with Crippen LogP contribution in [0.4, 0.5) is 5.69 Å². The van der Waals surface area contributed by atoms with E-state index in [2.05, 4.69) is 17.0 Å². The van der Waals surface area contributed by atoms with Gasteiger partial charge in [0.05, 0.1) is 22.8 Å². The number of rotatable bonds is 2. The highest BCUT2D eigenvalue weighted by molar-refractivity contribution is 6.62. The number of nitrogens with zero attached hydrogens (tertiary/aromatic N) is 2. The maximum atomic E-state index is 9.53. The lowest BCUT2D eigenvalue weighted by Gasteiger charge is -2.32. The molecule has 2 aliphatic rings. The number of benzene rings is 1. The highest BCUT2D eigenvalue weighted by Gasteiger charge is 2.52. The molecule has 1 aromatic rings. The van der Waals surface area contributed by atoms with Gasteiger partial charge in [-0.05, 0) is 52.7 Å². The molecule has 0 N–H and O–H groups in total. The van der Waals surface area contributed by atoms with Gasteiger partial charge in [0.15, 0.2) is 0 Å². The summed E-state index contributed by atoms with van der Waals surface area (Å²) in [5.41, 5.74) is 1.80. The number of nitriles is 1. The largest absolute Gasteiger partial charge is 0.496 e. The molecule has 0 radical (unpaired) electrons. The summed E-state index contributed by atoms with van der Waals surface area (Å²) in [4.78, 5) is 2.33. The fourth-order valence-electron chi connectivity index (χ4n) is 2.99. The van der Waals surface area contributed by atoms with E-state index in [1.165, 1.54) is 12.8 Å². The Morgan fingerprint density at radius 1 is 1.09 bits per heavy atom. The molecule has 3 rings (SSSR count). The third kappa shape index (κ3) is 2.51. The Morgan fingerprint density at radius 2 is 1.68 bits per heavy atom. The van der Waals surface area contributed by atoms with Crippen LogP contribution in [0.3, 0.4) is 0 Å². The van der Waals surface area contributed by atoms with E-state index in [0.29, 0.717) is 5.56 Å². The van der Waals surface area contributed by atoms with Gasteiger partial charge in [0.1, 0.15) is 0 Å². The van der Waals surface area contributed by atoms with Crippen molar-refractivity contribution in [2.75, 3.05) is 18.0 Å². The molecular formula is C17H23BN2O2. The van der Waals surface area contributed by atoms with Crippen molar-refractivity contribution in [2.24, 2.45) is 0 Å². The predicted molar refractivity (Wildman–Crippen MR) is 88.3 cm³/mol. The monoisotopic (exact) mass is 298 g/mol. The second kappa shape index (κ2) is 5.29. The summed E-state index contributed by atoms with van der Waals surface area (Å²) in [7, 11) is -0.479. The molecule has 2 aliphatic heterocycles. The zero-order chi connectivity index (χ0) is 16.0. The first-order chi connectivity index (χ1) is 10.3. The van der Waals surface area contributed by atoms with Crippen molar-refractivity contribution in [3.05, 3.63) is 23.8 Å². The Bertz CT molecular complexity index is 600. The summed E-state index contributed by atoms with van der Waals surface area (Å²) in [6.07, 6.45) is 2.45. The number of anilines is 1. The molecule has 0 unspecified atom stereocenters. The van der Waals surface area contributed by atoms with Gasteiger partial charge in [-0.15, -0.1) is 0 Å². The van der Waals surface area contributed by atoms with E-state index in [-0.39, 0.29) is 0 Å². The molecular weight excluding hydrogens is 275 g/mol. The molecule has 0 saturated carbocycles. The van der Waals surface area contributed by atoms with Gasteiger partial charge in [-0.2, -0.15) is 5.26 Å². The Morgan fingerprint density at radius 3 is 2.23 bits per heavy atom. The van der Waals surface area contributed by atoms with Crippen LogP contribution in [-0.2, 0) is 9.31 Å². The van der Waals surface area contributed by atoms with Crippen molar-refractivity contribution in [1.29, 1.82) is 5.26 Å². The van der Waals surface area contributed by atoms with Crippen LogP contribution < -0.4 is 10.4 Å². The smallest absolute Gasteiger partial charge is 0.399 e. The van der Waals surface area contributed by atoms with E-state index in [1.807, 2.05) is 39.8 Å². The third-order valence-electron chi connectivity index (χ3n) is 5.14. The van der Waals surface area contributed by atoms with Crippen LogP contribution in [-0.4, -0.2) is 31.4 Å². The highest BCUT2D eigenvalue weighted by atomic mass is 16.7. The van der Waals surface area contributed by atoms with Gasteiger partial charge in [0.25, 0.3) is 0 Å². The molecule has 22 heavy (non-hydrogen) atoms. The van der Waals surface area contributed by atoms with Crippen LogP contribution in [0.2, 0.25) is 0 Å².